The zero-order chi connectivity index (χ0) is 13.8. The van der Waals surface area contributed by atoms with Gasteiger partial charge >= 0.3 is 6.03 Å². The minimum atomic E-state index is -0.297. The molecule has 0 atom stereocenters. The number of halogens is 2. The summed E-state index contributed by atoms with van der Waals surface area (Å²) in [6.07, 6.45) is 1.39. The molecule has 0 saturated heterocycles. The summed E-state index contributed by atoms with van der Waals surface area (Å²) in [6.45, 7) is 0.320. The van der Waals surface area contributed by atoms with Gasteiger partial charge in [0.2, 0.25) is 0 Å². The van der Waals surface area contributed by atoms with Crippen LogP contribution in [0.25, 0.3) is 0 Å². The van der Waals surface area contributed by atoms with E-state index in [1.54, 1.807) is 25.2 Å². The normalized spacial score (nSPS) is 10.3. The van der Waals surface area contributed by atoms with Crippen molar-refractivity contribution in [2.24, 2.45) is 0 Å². The molecule has 2 aromatic rings. The van der Waals surface area contributed by atoms with Gasteiger partial charge in [0.15, 0.2) is 0 Å². The van der Waals surface area contributed by atoms with Crippen molar-refractivity contribution in [2.45, 2.75) is 6.54 Å². The van der Waals surface area contributed by atoms with Gasteiger partial charge < -0.3 is 10.2 Å². The van der Waals surface area contributed by atoms with Gasteiger partial charge in [0, 0.05) is 22.8 Å². The molecule has 0 unspecified atom stereocenters. The van der Waals surface area contributed by atoms with Gasteiger partial charge in [-0.25, -0.2) is 9.78 Å². The minimum Gasteiger partial charge on any atom is -0.320 e. The number of rotatable bonds is 3. The van der Waals surface area contributed by atoms with Gasteiger partial charge in [-0.3, -0.25) is 5.10 Å². The summed E-state index contributed by atoms with van der Waals surface area (Å²) in [5.41, 5.74) is 0.534. The van der Waals surface area contributed by atoms with Crippen LogP contribution < -0.4 is 5.32 Å². The second kappa shape index (κ2) is 5.90. The minimum absolute atomic E-state index is 0.297. The number of hydrogen-bond acceptors (Lipinski definition) is 3. The van der Waals surface area contributed by atoms with E-state index < -0.39 is 0 Å². The summed E-state index contributed by atoms with van der Waals surface area (Å²) in [7, 11) is 1.64. The molecule has 2 amide bonds. The summed E-state index contributed by atoms with van der Waals surface area (Å²) in [4.78, 5) is 17.3. The molecule has 100 valence electrons. The van der Waals surface area contributed by atoms with Crippen molar-refractivity contribution in [1.29, 1.82) is 0 Å². The fourth-order valence-electron chi connectivity index (χ4n) is 1.45. The Labute approximate surface area is 119 Å². The molecule has 8 heteroatoms. The van der Waals surface area contributed by atoms with E-state index in [1.807, 2.05) is 0 Å². The topological polar surface area (TPSA) is 73.9 Å². The Balaban J connectivity index is 2.00. The summed E-state index contributed by atoms with van der Waals surface area (Å²) < 4.78 is 0. The van der Waals surface area contributed by atoms with Crippen LogP contribution in [-0.2, 0) is 6.54 Å². The number of anilines is 1. The smallest absolute Gasteiger partial charge is 0.320 e. The lowest BCUT2D eigenvalue weighted by Crippen LogP contribution is -2.31. The number of hydrogen-bond donors (Lipinski definition) is 2. The molecule has 19 heavy (non-hydrogen) atoms. The molecular weight excluding hydrogens is 289 g/mol. The van der Waals surface area contributed by atoms with Crippen LogP contribution in [0.1, 0.15) is 5.82 Å². The Morgan fingerprint density at radius 2 is 2.05 bits per heavy atom. The molecule has 0 aliphatic heterocycles. The molecule has 2 rings (SSSR count). The monoisotopic (exact) mass is 299 g/mol. The molecule has 0 spiro atoms. The van der Waals surface area contributed by atoms with Crippen molar-refractivity contribution >= 4 is 34.9 Å². The van der Waals surface area contributed by atoms with E-state index in [9.17, 15) is 4.79 Å². The largest absolute Gasteiger partial charge is 0.321 e. The fourth-order valence-corrected chi connectivity index (χ4v) is 1.97. The summed E-state index contributed by atoms with van der Waals surface area (Å²) in [5.74, 6) is 0.599. The van der Waals surface area contributed by atoms with Gasteiger partial charge in [0.05, 0.1) is 6.54 Å². The molecule has 0 saturated carbocycles. The zero-order valence-corrected chi connectivity index (χ0v) is 11.5. The molecule has 0 aliphatic rings. The lowest BCUT2D eigenvalue weighted by molar-refractivity contribution is 0.219. The highest BCUT2D eigenvalue weighted by Gasteiger charge is 2.11. The number of nitrogens with one attached hydrogen (secondary N) is 2. The Bertz CT molecular complexity index is 552. The standard InChI is InChI=1S/C11H11Cl2N5O/c1-18(5-10-14-6-15-17-10)11(19)16-9-3-7(12)2-8(13)4-9/h2-4,6H,5H2,1H3,(H,16,19)(H,14,15,17). The van der Waals surface area contributed by atoms with E-state index in [2.05, 4.69) is 20.5 Å². The molecule has 0 bridgehead atoms. The van der Waals surface area contributed by atoms with Crippen molar-refractivity contribution in [3.8, 4) is 0 Å². The Kier molecular flexibility index (Phi) is 4.24. The van der Waals surface area contributed by atoms with Gasteiger partial charge in [0.1, 0.15) is 12.2 Å². The number of nitrogens with zero attached hydrogens (tertiary/aromatic N) is 3. The number of H-pyrrole nitrogens is 1. The van der Waals surface area contributed by atoms with Crippen LogP contribution in [0.4, 0.5) is 10.5 Å². The summed E-state index contributed by atoms with van der Waals surface area (Å²) in [6, 6.07) is 4.54. The number of carbonyl (C=O) groups is 1. The van der Waals surface area contributed by atoms with Crippen molar-refractivity contribution in [3.05, 3.63) is 40.4 Å². The Hall–Kier alpha value is -1.79. The van der Waals surface area contributed by atoms with Crippen molar-refractivity contribution in [2.75, 3.05) is 12.4 Å². The molecule has 6 nitrogen and oxygen atoms in total. The van der Waals surface area contributed by atoms with E-state index in [0.717, 1.165) is 0 Å². The van der Waals surface area contributed by atoms with E-state index in [0.29, 0.717) is 28.1 Å². The summed E-state index contributed by atoms with van der Waals surface area (Å²) in [5, 5.41) is 10.0. The zero-order valence-electron chi connectivity index (χ0n) is 10.0. The maximum absolute atomic E-state index is 11.9. The third-order valence-electron chi connectivity index (χ3n) is 2.31. The van der Waals surface area contributed by atoms with E-state index in [4.69, 9.17) is 23.2 Å². The van der Waals surface area contributed by atoms with Crippen molar-refractivity contribution in [3.63, 3.8) is 0 Å². The number of urea groups is 1. The Morgan fingerprint density at radius 1 is 1.37 bits per heavy atom. The first-order valence-corrected chi connectivity index (χ1v) is 6.12. The third kappa shape index (κ3) is 3.84. The predicted octanol–water partition coefficient (Wildman–Crippen LogP) is 2.78. The average molecular weight is 300 g/mol. The van der Waals surface area contributed by atoms with Crippen LogP contribution in [0.2, 0.25) is 10.0 Å². The highest BCUT2D eigenvalue weighted by atomic mass is 35.5. The van der Waals surface area contributed by atoms with Crippen LogP contribution >= 0.6 is 23.2 Å². The van der Waals surface area contributed by atoms with Gasteiger partial charge in [-0.15, -0.1) is 0 Å². The van der Waals surface area contributed by atoms with Crippen LogP contribution in [0, 0.1) is 0 Å². The highest BCUT2D eigenvalue weighted by Crippen LogP contribution is 2.22. The van der Waals surface area contributed by atoms with Crippen LogP contribution in [0.3, 0.4) is 0 Å². The lowest BCUT2D eigenvalue weighted by atomic mass is 10.3. The number of amides is 2. The number of aromatic nitrogens is 3. The van der Waals surface area contributed by atoms with E-state index in [-0.39, 0.29) is 6.03 Å². The molecule has 0 aliphatic carbocycles. The van der Waals surface area contributed by atoms with Gasteiger partial charge in [-0.1, -0.05) is 23.2 Å². The maximum atomic E-state index is 11.9. The molecule has 1 aromatic heterocycles. The second-order valence-electron chi connectivity index (χ2n) is 3.88. The SMILES string of the molecule is CN(Cc1ncn[nH]1)C(=O)Nc1cc(Cl)cc(Cl)c1. The first kappa shape index (κ1) is 13.6. The molecule has 2 N–H and O–H groups in total. The van der Waals surface area contributed by atoms with Crippen LogP contribution in [0.5, 0.6) is 0 Å². The van der Waals surface area contributed by atoms with Gasteiger partial charge in [-0.05, 0) is 18.2 Å². The second-order valence-corrected chi connectivity index (χ2v) is 4.75. The van der Waals surface area contributed by atoms with Crippen LogP contribution in [0.15, 0.2) is 24.5 Å². The highest BCUT2D eigenvalue weighted by molar-refractivity contribution is 6.35. The maximum Gasteiger partial charge on any atom is 0.321 e. The van der Waals surface area contributed by atoms with E-state index >= 15 is 0 Å². The molecule has 1 aromatic carbocycles. The van der Waals surface area contributed by atoms with Gasteiger partial charge in [-0.2, -0.15) is 5.10 Å². The number of benzene rings is 1. The first-order valence-electron chi connectivity index (χ1n) is 5.37. The third-order valence-corrected chi connectivity index (χ3v) is 2.75. The lowest BCUT2D eigenvalue weighted by Gasteiger charge is -2.16. The van der Waals surface area contributed by atoms with Crippen molar-refractivity contribution < 1.29 is 4.79 Å². The molecular formula is C11H11Cl2N5O. The number of carbonyl (C=O) groups excluding carboxylic acids is 1. The summed E-state index contributed by atoms with van der Waals surface area (Å²) >= 11 is 11.7. The Morgan fingerprint density at radius 3 is 2.63 bits per heavy atom. The molecule has 0 fully saturated rings. The molecule has 0 radical (unpaired) electrons. The van der Waals surface area contributed by atoms with Crippen molar-refractivity contribution in [1.82, 2.24) is 20.1 Å². The number of aromatic amines is 1. The predicted molar refractivity (Wildman–Crippen MR) is 73.3 cm³/mol. The van der Waals surface area contributed by atoms with Gasteiger partial charge in [0.25, 0.3) is 0 Å². The van der Waals surface area contributed by atoms with Crippen LogP contribution in [-0.4, -0.2) is 33.2 Å². The first-order chi connectivity index (χ1) is 9.04. The average Bonchev–Trinajstić information content (AvgIpc) is 2.80. The quantitative estimate of drug-likeness (QED) is 0.915. The molecule has 1 heterocycles. The van der Waals surface area contributed by atoms with E-state index in [1.165, 1.54) is 11.2 Å². The fraction of sp³-hybridized carbons (Fsp3) is 0.182.